The lowest BCUT2D eigenvalue weighted by Gasteiger charge is -2.28. The molecule has 1 N–H and O–H groups in total. The molecule has 0 bridgehead atoms. The second kappa shape index (κ2) is 9.22. The van der Waals surface area contributed by atoms with Crippen LogP contribution in [0.3, 0.4) is 0 Å². The minimum Gasteiger partial charge on any atom is -0.354 e. The van der Waals surface area contributed by atoms with Crippen LogP contribution in [0.2, 0.25) is 0 Å². The number of hydrogen-bond acceptors (Lipinski definition) is 2. The maximum absolute atomic E-state index is 12.3. The van der Waals surface area contributed by atoms with E-state index in [9.17, 15) is 4.79 Å². The van der Waals surface area contributed by atoms with E-state index in [4.69, 9.17) is 0 Å². The molecule has 3 rings (SSSR count). The van der Waals surface area contributed by atoms with Crippen LogP contribution in [0.25, 0.3) is 0 Å². The summed E-state index contributed by atoms with van der Waals surface area (Å²) in [4.78, 5) is 14.8. The summed E-state index contributed by atoms with van der Waals surface area (Å²) in [6.45, 7) is 3.04. The van der Waals surface area contributed by atoms with E-state index in [1.165, 1.54) is 50.5 Å². The predicted molar refractivity (Wildman–Crippen MR) is 98.8 cm³/mol. The average Bonchev–Trinajstić information content (AvgIpc) is 3.16. The minimum absolute atomic E-state index is 0.237. The Labute approximate surface area is 146 Å². The molecule has 24 heavy (non-hydrogen) atoms. The molecule has 1 aliphatic carbocycles. The number of likely N-dealkylation sites (tertiary alicyclic amines) is 1. The monoisotopic (exact) mass is 328 g/mol. The molecule has 2 fully saturated rings. The van der Waals surface area contributed by atoms with Gasteiger partial charge in [-0.15, -0.1) is 0 Å². The lowest BCUT2D eigenvalue weighted by molar-refractivity contribution is -0.121. The van der Waals surface area contributed by atoms with E-state index in [2.05, 4.69) is 40.5 Å². The number of amides is 1. The zero-order valence-corrected chi connectivity index (χ0v) is 14.9. The SMILES string of the molecule is O=C(CCC1CCCCC1)NCC(c1ccccc1)N1CCCC1. The average molecular weight is 329 g/mol. The van der Waals surface area contributed by atoms with Crippen molar-refractivity contribution < 1.29 is 4.79 Å². The molecule has 1 atom stereocenters. The number of carbonyl (C=O) groups is 1. The van der Waals surface area contributed by atoms with Crippen LogP contribution in [-0.4, -0.2) is 30.4 Å². The van der Waals surface area contributed by atoms with Crippen molar-refractivity contribution in [3.05, 3.63) is 35.9 Å². The highest BCUT2D eigenvalue weighted by Gasteiger charge is 2.24. The minimum atomic E-state index is 0.237. The van der Waals surface area contributed by atoms with E-state index in [1.807, 2.05) is 0 Å². The summed E-state index contributed by atoms with van der Waals surface area (Å²) in [5.41, 5.74) is 1.33. The molecule has 1 heterocycles. The first-order valence-electron chi connectivity index (χ1n) is 9.88. The maximum atomic E-state index is 12.3. The molecule has 1 aliphatic heterocycles. The van der Waals surface area contributed by atoms with Crippen molar-refractivity contribution in [3.63, 3.8) is 0 Å². The van der Waals surface area contributed by atoms with Crippen LogP contribution in [0.1, 0.15) is 69.4 Å². The van der Waals surface area contributed by atoms with Crippen molar-refractivity contribution >= 4 is 5.91 Å². The summed E-state index contributed by atoms with van der Waals surface area (Å²) in [5, 5.41) is 3.22. The molecule has 0 radical (unpaired) electrons. The van der Waals surface area contributed by atoms with Gasteiger partial charge in [0.25, 0.3) is 0 Å². The number of hydrogen-bond donors (Lipinski definition) is 1. The van der Waals surface area contributed by atoms with Crippen molar-refractivity contribution in [1.29, 1.82) is 0 Å². The van der Waals surface area contributed by atoms with Gasteiger partial charge < -0.3 is 5.32 Å². The molecule has 0 spiro atoms. The molecule has 3 heteroatoms. The van der Waals surface area contributed by atoms with Gasteiger partial charge in [0.05, 0.1) is 6.04 Å². The Bertz CT molecular complexity index is 490. The number of rotatable bonds is 7. The second-order valence-electron chi connectivity index (χ2n) is 7.52. The number of benzene rings is 1. The molecular weight excluding hydrogens is 296 g/mol. The summed E-state index contributed by atoms with van der Waals surface area (Å²) in [6.07, 6.45) is 11.1. The van der Waals surface area contributed by atoms with Gasteiger partial charge in [-0.1, -0.05) is 62.4 Å². The normalized spacial score (nSPS) is 20.8. The molecule has 1 aromatic carbocycles. The third-order valence-electron chi connectivity index (χ3n) is 5.76. The first kappa shape index (κ1) is 17.5. The summed E-state index contributed by atoms with van der Waals surface area (Å²) < 4.78 is 0. The summed E-state index contributed by atoms with van der Waals surface area (Å²) >= 11 is 0. The Morgan fingerprint density at radius 2 is 1.75 bits per heavy atom. The van der Waals surface area contributed by atoms with Crippen LogP contribution >= 0.6 is 0 Å². The number of nitrogens with zero attached hydrogens (tertiary/aromatic N) is 1. The molecule has 1 unspecified atom stereocenters. The lowest BCUT2D eigenvalue weighted by atomic mass is 9.86. The molecule has 1 saturated heterocycles. The molecule has 2 aliphatic rings. The predicted octanol–water partition coefficient (Wildman–Crippen LogP) is 4.30. The Balaban J connectivity index is 1.48. The standard InChI is InChI=1S/C21H32N2O/c24-21(14-13-18-9-3-1-4-10-18)22-17-20(23-15-7-8-16-23)19-11-5-2-6-12-19/h2,5-6,11-12,18,20H,1,3-4,7-10,13-17H2,(H,22,24). The van der Waals surface area contributed by atoms with Gasteiger partial charge in [-0.2, -0.15) is 0 Å². The third-order valence-corrected chi connectivity index (χ3v) is 5.76. The van der Waals surface area contributed by atoms with Crippen LogP contribution in [-0.2, 0) is 4.79 Å². The Morgan fingerprint density at radius 3 is 2.46 bits per heavy atom. The van der Waals surface area contributed by atoms with Crippen LogP contribution < -0.4 is 5.32 Å². The van der Waals surface area contributed by atoms with E-state index in [0.29, 0.717) is 12.5 Å². The van der Waals surface area contributed by atoms with E-state index in [-0.39, 0.29) is 5.91 Å². The quantitative estimate of drug-likeness (QED) is 0.809. The van der Waals surface area contributed by atoms with Crippen molar-refractivity contribution in [3.8, 4) is 0 Å². The third kappa shape index (κ3) is 5.07. The molecule has 132 valence electrons. The molecule has 1 saturated carbocycles. The van der Waals surface area contributed by atoms with E-state index >= 15 is 0 Å². The molecule has 3 nitrogen and oxygen atoms in total. The highest BCUT2D eigenvalue weighted by molar-refractivity contribution is 5.75. The number of nitrogens with one attached hydrogen (secondary N) is 1. The number of carbonyl (C=O) groups excluding carboxylic acids is 1. The van der Waals surface area contributed by atoms with Crippen LogP contribution in [0.4, 0.5) is 0 Å². The zero-order valence-electron chi connectivity index (χ0n) is 14.9. The zero-order chi connectivity index (χ0) is 16.6. The Morgan fingerprint density at radius 1 is 1.04 bits per heavy atom. The van der Waals surface area contributed by atoms with Crippen LogP contribution in [0, 0.1) is 5.92 Å². The van der Waals surface area contributed by atoms with Crippen molar-refractivity contribution in [2.24, 2.45) is 5.92 Å². The van der Waals surface area contributed by atoms with Crippen molar-refractivity contribution in [2.45, 2.75) is 63.8 Å². The second-order valence-corrected chi connectivity index (χ2v) is 7.52. The molecular formula is C21H32N2O. The van der Waals surface area contributed by atoms with Gasteiger partial charge in [-0.3, -0.25) is 9.69 Å². The fourth-order valence-corrected chi connectivity index (χ4v) is 4.30. The van der Waals surface area contributed by atoms with Gasteiger partial charge in [0, 0.05) is 13.0 Å². The first-order chi connectivity index (χ1) is 11.8. The molecule has 1 amide bonds. The van der Waals surface area contributed by atoms with Crippen LogP contribution in [0.5, 0.6) is 0 Å². The lowest BCUT2D eigenvalue weighted by Crippen LogP contribution is -2.36. The smallest absolute Gasteiger partial charge is 0.220 e. The fourth-order valence-electron chi connectivity index (χ4n) is 4.30. The van der Waals surface area contributed by atoms with Gasteiger partial charge in [-0.25, -0.2) is 0 Å². The largest absolute Gasteiger partial charge is 0.354 e. The van der Waals surface area contributed by atoms with Crippen molar-refractivity contribution in [1.82, 2.24) is 10.2 Å². The highest BCUT2D eigenvalue weighted by Crippen LogP contribution is 2.27. The maximum Gasteiger partial charge on any atom is 0.220 e. The van der Waals surface area contributed by atoms with Crippen LogP contribution in [0.15, 0.2) is 30.3 Å². The van der Waals surface area contributed by atoms with Gasteiger partial charge in [0.1, 0.15) is 0 Å². The van der Waals surface area contributed by atoms with Gasteiger partial charge in [-0.05, 0) is 43.8 Å². The van der Waals surface area contributed by atoms with Gasteiger partial charge in [0.15, 0.2) is 0 Å². The van der Waals surface area contributed by atoms with E-state index in [0.717, 1.165) is 32.0 Å². The Kier molecular flexibility index (Phi) is 6.71. The topological polar surface area (TPSA) is 32.3 Å². The summed E-state index contributed by atoms with van der Waals surface area (Å²) in [5.74, 6) is 1.02. The molecule has 1 aromatic rings. The molecule has 0 aromatic heterocycles. The van der Waals surface area contributed by atoms with E-state index in [1.54, 1.807) is 0 Å². The fraction of sp³-hybridized carbons (Fsp3) is 0.667. The Hall–Kier alpha value is -1.35. The highest BCUT2D eigenvalue weighted by atomic mass is 16.1. The van der Waals surface area contributed by atoms with Crippen molar-refractivity contribution in [2.75, 3.05) is 19.6 Å². The van der Waals surface area contributed by atoms with E-state index < -0.39 is 0 Å². The first-order valence-corrected chi connectivity index (χ1v) is 9.88. The summed E-state index contributed by atoms with van der Waals surface area (Å²) in [6, 6.07) is 11.0. The summed E-state index contributed by atoms with van der Waals surface area (Å²) in [7, 11) is 0. The van der Waals surface area contributed by atoms with Gasteiger partial charge >= 0.3 is 0 Å². The van der Waals surface area contributed by atoms with Gasteiger partial charge in [0.2, 0.25) is 5.91 Å².